The molecule has 0 aliphatic rings. The summed E-state index contributed by atoms with van der Waals surface area (Å²) in [4.78, 5) is 12.6. The van der Waals surface area contributed by atoms with E-state index in [1.54, 1.807) is 54.2 Å². The van der Waals surface area contributed by atoms with Crippen LogP contribution in [0.2, 0.25) is 0 Å². The Morgan fingerprint density at radius 2 is 1.58 bits per heavy atom. The fraction of sp³-hybridized carbons (Fsp3) is 0.320. The summed E-state index contributed by atoms with van der Waals surface area (Å²) in [7, 11) is 2.05. The molecular weight excluding hydrogens is 512 g/mol. The van der Waals surface area contributed by atoms with E-state index < -0.39 is 26.9 Å². The number of pyridine rings is 1. The molecule has 1 aromatic carbocycles. The van der Waals surface area contributed by atoms with Crippen LogP contribution in [0.3, 0.4) is 0 Å². The van der Waals surface area contributed by atoms with E-state index in [1.165, 1.54) is 40.8 Å². The molecule has 0 spiro atoms. The lowest BCUT2D eigenvalue weighted by Gasteiger charge is -2.22. The molecule has 0 fully saturated rings. The topological polar surface area (TPSA) is 140 Å². The SMILES string of the molecule is COc1cnc([C@@H](OC)[C@H](C)S(=O)(=O)Cc2nnc(-c3cccnc3)n2-c2c(OC)cccc2OC)nc1. The van der Waals surface area contributed by atoms with Gasteiger partial charge in [0, 0.05) is 25.1 Å². The molecule has 12 nitrogen and oxygen atoms in total. The Morgan fingerprint density at radius 3 is 2.13 bits per heavy atom. The Hall–Kier alpha value is -4.10. The molecule has 4 aromatic rings. The maximum atomic E-state index is 13.7. The first-order valence-corrected chi connectivity index (χ1v) is 13.2. The Labute approximate surface area is 220 Å². The summed E-state index contributed by atoms with van der Waals surface area (Å²) in [6.45, 7) is 1.55. The molecule has 200 valence electrons. The van der Waals surface area contributed by atoms with Crippen molar-refractivity contribution in [2.45, 2.75) is 24.0 Å². The van der Waals surface area contributed by atoms with Gasteiger partial charge in [0.2, 0.25) is 0 Å². The van der Waals surface area contributed by atoms with E-state index in [1.807, 2.05) is 0 Å². The molecule has 13 heteroatoms. The molecule has 3 aromatic heterocycles. The smallest absolute Gasteiger partial charge is 0.170 e. The lowest BCUT2D eigenvalue weighted by molar-refractivity contribution is 0.0946. The van der Waals surface area contributed by atoms with Gasteiger partial charge in [-0.05, 0) is 31.2 Å². The number of ether oxygens (including phenoxy) is 4. The van der Waals surface area contributed by atoms with E-state index in [4.69, 9.17) is 18.9 Å². The van der Waals surface area contributed by atoms with Crippen molar-refractivity contribution < 1.29 is 27.4 Å². The molecule has 0 N–H and O–H groups in total. The number of sulfone groups is 1. The van der Waals surface area contributed by atoms with E-state index in [0.29, 0.717) is 34.3 Å². The van der Waals surface area contributed by atoms with Crippen LogP contribution in [0.15, 0.2) is 55.1 Å². The number of hydrogen-bond donors (Lipinski definition) is 0. The first kappa shape index (κ1) is 26.9. The predicted octanol–water partition coefficient (Wildman–Crippen LogP) is 2.84. The van der Waals surface area contributed by atoms with Gasteiger partial charge in [-0.3, -0.25) is 9.55 Å². The molecule has 0 amide bonds. The van der Waals surface area contributed by atoms with E-state index in [-0.39, 0.29) is 11.6 Å². The second-order valence-corrected chi connectivity index (χ2v) is 10.5. The highest BCUT2D eigenvalue weighted by Crippen LogP contribution is 2.37. The van der Waals surface area contributed by atoms with Crippen LogP contribution in [0.4, 0.5) is 0 Å². The van der Waals surface area contributed by atoms with Gasteiger partial charge < -0.3 is 18.9 Å². The molecule has 0 bridgehead atoms. The first-order valence-electron chi connectivity index (χ1n) is 11.5. The number of hydrogen-bond acceptors (Lipinski definition) is 11. The fourth-order valence-electron chi connectivity index (χ4n) is 3.96. The zero-order valence-corrected chi connectivity index (χ0v) is 22.4. The van der Waals surface area contributed by atoms with Gasteiger partial charge in [-0.1, -0.05) is 6.07 Å². The number of nitrogens with zero attached hydrogens (tertiary/aromatic N) is 6. The summed E-state index contributed by atoms with van der Waals surface area (Å²) in [5, 5.41) is 7.58. The summed E-state index contributed by atoms with van der Waals surface area (Å²) in [6, 6.07) is 8.82. The summed E-state index contributed by atoms with van der Waals surface area (Å²) in [6.07, 6.45) is 5.23. The van der Waals surface area contributed by atoms with Crippen LogP contribution in [0.25, 0.3) is 17.1 Å². The van der Waals surface area contributed by atoms with Crippen LogP contribution in [0, 0.1) is 0 Å². The Bertz CT molecular complexity index is 1460. The van der Waals surface area contributed by atoms with E-state index in [2.05, 4.69) is 25.1 Å². The number of para-hydroxylation sites is 1. The third-order valence-electron chi connectivity index (χ3n) is 5.99. The van der Waals surface area contributed by atoms with Crippen molar-refractivity contribution in [3.05, 3.63) is 66.8 Å². The quantitative estimate of drug-likeness (QED) is 0.277. The maximum absolute atomic E-state index is 13.7. The normalized spacial score (nSPS) is 13.1. The van der Waals surface area contributed by atoms with Crippen LogP contribution in [0.1, 0.15) is 24.7 Å². The highest BCUT2D eigenvalue weighted by atomic mass is 32.2. The molecule has 0 aliphatic carbocycles. The Morgan fingerprint density at radius 1 is 0.895 bits per heavy atom. The molecule has 2 atom stereocenters. The van der Waals surface area contributed by atoms with Gasteiger partial charge in [0.05, 0.1) is 39.0 Å². The Balaban J connectivity index is 1.80. The standard InChI is InChI=1S/C25H28N6O6S/c1-16(23(37-5)24-27-13-18(34-2)14-28-24)38(32,33)15-21-29-30-25(17-8-7-11-26-12-17)31(21)22-19(35-3)9-6-10-20(22)36-4/h6-14,16,23H,15H2,1-5H3/t16-,23-/m0/s1. The van der Waals surface area contributed by atoms with E-state index >= 15 is 0 Å². The van der Waals surface area contributed by atoms with Gasteiger partial charge in [0.25, 0.3) is 0 Å². The van der Waals surface area contributed by atoms with Crippen molar-refractivity contribution in [1.82, 2.24) is 29.7 Å². The molecule has 4 rings (SSSR count). The van der Waals surface area contributed by atoms with Crippen LogP contribution < -0.4 is 14.2 Å². The van der Waals surface area contributed by atoms with Crippen LogP contribution in [-0.4, -0.2) is 71.8 Å². The average molecular weight is 541 g/mol. The van der Waals surface area contributed by atoms with Crippen LogP contribution >= 0.6 is 0 Å². The third-order valence-corrected chi connectivity index (χ3v) is 8.03. The van der Waals surface area contributed by atoms with Crippen molar-refractivity contribution in [3.8, 4) is 34.3 Å². The molecular formula is C25H28N6O6S. The van der Waals surface area contributed by atoms with E-state index in [9.17, 15) is 8.42 Å². The van der Waals surface area contributed by atoms with Gasteiger partial charge in [-0.25, -0.2) is 18.4 Å². The van der Waals surface area contributed by atoms with Crippen LogP contribution in [0.5, 0.6) is 17.2 Å². The van der Waals surface area contributed by atoms with Crippen molar-refractivity contribution in [1.29, 1.82) is 0 Å². The zero-order valence-electron chi connectivity index (χ0n) is 21.6. The Kier molecular flexibility index (Phi) is 8.17. The number of rotatable bonds is 11. The van der Waals surface area contributed by atoms with Crippen LogP contribution in [-0.2, 0) is 20.3 Å². The maximum Gasteiger partial charge on any atom is 0.170 e. The van der Waals surface area contributed by atoms with Crippen molar-refractivity contribution in [2.24, 2.45) is 0 Å². The van der Waals surface area contributed by atoms with Gasteiger partial charge in [-0.15, -0.1) is 10.2 Å². The third kappa shape index (κ3) is 5.29. The highest BCUT2D eigenvalue weighted by molar-refractivity contribution is 7.91. The minimum atomic E-state index is -3.88. The van der Waals surface area contributed by atoms with Gasteiger partial charge in [-0.2, -0.15) is 0 Å². The summed E-state index contributed by atoms with van der Waals surface area (Å²) < 4.78 is 50.9. The van der Waals surface area contributed by atoms with Crippen molar-refractivity contribution in [3.63, 3.8) is 0 Å². The summed E-state index contributed by atoms with van der Waals surface area (Å²) in [5.41, 5.74) is 1.09. The molecule has 0 aliphatic heterocycles. The monoisotopic (exact) mass is 540 g/mol. The molecule has 0 radical (unpaired) electrons. The minimum absolute atomic E-state index is 0.156. The zero-order chi connectivity index (χ0) is 27.3. The highest BCUT2D eigenvalue weighted by Gasteiger charge is 2.35. The summed E-state index contributed by atoms with van der Waals surface area (Å²) in [5.74, 6) is 1.63. The number of methoxy groups -OCH3 is 4. The van der Waals surface area contributed by atoms with Crippen molar-refractivity contribution >= 4 is 9.84 Å². The first-order chi connectivity index (χ1) is 18.3. The molecule has 3 heterocycles. The minimum Gasteiger partial charge on any atom is -0.494 e. The predicted molar refractivity (Wildman–Crippen MR) is 138 cm³/mol. The molecule has 0 unspecified atom stereocenters. The number of benzene rings is 1. The summed E-state index contributed by atoms with van der Waals surface area (Å²) >= 11 is 0. The van der Waals surface area contributed by atoms with Gasteiger partial charge >= 0.3 is 0 Å². The molecule has 0 saturated carbocycles. The second-order valence-electron chi connectivity index (χ2n) is 8.18. The van der Waals surface area contributed by atoms with Crippen molar-refractivity contribution in [2.75, 3.05) is 28.4 Å². The lowest BCUT2D eigenvalue weighted by Crippen LogP contribution is -2.30. The van der Waals surface area contributed by atoms with Gasteiger partial charge in [0.15, 0.2) is 33.1 Å². The molecule has 38 heavy (non-hydrogen) atoms. The second kappa shape index (κ2) is 11.5. The fourth-order valence-corrected chi connectivity index (χ4v) is 5.38. The van der Waals surface area contributed by atoms with E-state index in [0.717, 1.165) is 0 Å². The van der Waals surface area contributed by atoms with Gasteiger partial charge in [0.1, 0.15) is 29.0 Å². The largest absolute Gasteiger partial charge is 0.494 e. The molecule has 0 saturated heterocycles. The number of aromatic nitrogens is 6. The average Bonchev–Trinajstić information content (AvgIpc) is 3.35. The lowest BCUT2D eigenvalue weighted by atomic mass is 10.2.